The van der Waals surface area contributed by atoms with Gasteiger partial charge in [-0.3, -0.25) is 4.79 Å². The first-order valence-electron chi connectivity index (χ1n) is 7.25. The smallest absolute Gasteiger partial charge is 0.255 e. The lowest BCUT2D eigenvalue weighted by atomic mass is 10.1. The molecule has 22 heavy (non-hydrogen) atoms. The van der Waals surface area contributed by atoms with Crippen molar-refractivity contribution >= 4 is 11.6 Å². The highest BCUT2D eigenvalue weighted by molar-refractivity contribution is 6.05. The summed E-state index contributed by atoms with van der Waals surface area (Å²) in [6, 6.07) is 11.0. The number of aryl methyl sites for hydroxylation is 1. The predicted octanol–water partition coefficient (Wildman–Crippen LogP) is 3.96. The molecule has 0 aliphatic heterocycles. The number of ether oxygens (including phenoxy) is 2. The molecule has 0 spiro atoms. The Morgan fingerprint density at radius 3 is 2.59 bits per heavy atom. The van der Waals surface area contributed by atoms with Crippen molar-refractivity contribution in [1.29, 1.82) is 0 Å². The van der Waals surface area contributed by atoms with E-state index in [1.165, 1.54) is 0 Å². The number of hydrogen-bond donors (Lipinski definition) is 1. The molecule has 2 rings (SSSR count). The molecule has 2 aromatic carbocycles. The van der Waals surface area contributed by atoms with Gasteiger partial charge in [-0.15, -0.1) is 0 Å². The summed E-state index contributed by atoms with van der Waals surface area (Å²) in [5.74, 6) is 1.01. The van der Waals surface area contributed by atoms with Crippen molar-refractivity contribution in [2.75, 3.05) is 19.0 Å². The van der Waals surface area contributed by atoms with E-state index in [0.29, 0.717) is 23.7 Å². The van der Waals surface area contributed by atoms with Crippen LogP contribution in [0.2, 0.25) is 0 Å². The summed E-state index contributed by atoms with van der Waals surface area (Å²) in [6.45, 7) is 6.41. The monoisotopic (exact) mass is 299 g/mol. The number of hydrogen-bond acceptors (Lipinski definition) is 3. The Balaban J connectivity index is 2.26. The van der Waals surface area contributed by atoms with Gasteiger partial charge < -0.3 is 14.8 Å². The van der Waals surface area contributed by atoms with E-state index in [0.717, 1.165) is 16.8 Å². The maximum absolute atomic E-state index is 12.4. The number of nitrogens with one attached hydrogen (secondary N) is 1. The summed E-state index contributed by atoms with van der Waals surface area (Å²) in [4.78, 5) is 12.4. The summed E-state index contributed by atoms with van der Waals surface area (Å²) in [5.41, 5.74) is 3.56. The maximum atomic E-state index is 12.4. The number of benzene rings is 2. The van der Waals surface area contributed by atoms with Crippen molar-refractivity contribution in [3.8, 4) is 11.5 Å². The molecular weight excluding hydrogens is 278 g/mol. The molecule has 0 saturated heterocycles. The van der Waals surface area contributed by atoms with Crippen LogP contribution in [0.15, 0.2) is 36.4 Å². The van der Waals surface area contributed by atoms with Crippen LogP contribution in [0.1, 0.15) is 28.4 Å². The fourth-order valence-corrected chi connectivity index (χ4v) is 2.17. The van der Waals surface area contributed by atoms with Crippen LogP contribution in [0.25, 0.3) is 0 Å². The molecule has 0 aliphatic carbocycles. The van der Waals surface area contributed by atoms with Gasteiger partial charge in [-0.2, -0.15) is 0 Å². The van der Waals surface area contributed by atoms with Crippen molar-refractivity contribution in [3.05, 3.63) is 53.1 Å². The molecule has 0 radical (unpaired) electrons. The quantitative estimate of drug-likeness (QED) is 0.909. The molecule has 4 nitrogen and oxygen atoms in total. The number of anilines is 1. The van der Waals surface area contributed by atoms with Crippen LogP contribution in [0.3, 0.4) is 0 Å². The van der Waals surface area contributed by atoms with Crippen LogP contribution in [-0.4, -0.2) is 19.6 Å². The SMILES string of the molecule is CCOc1cc(C(=O)Nc2cccc(C)c2C)ccc1OC. The van der Waals surface area contributed by atoms with Crippen molar-refractivity contribution in [1.82, 2.24) is 0 Å². The first-order chi connectivity index (χ1) is 10.6. The number of rotatable bonds is 5. The third kappa shape index (κ3) is 3.39. The third-order valence-corrected chi connectivity index (χ3v) is 3.58. The van der Waals surface area contributed by atoms with E-state index >= 15 is 0 Å². The van der Waals surface area contributed by atoms with E-state index in [4.69, 9.17) is 9.47 Å². The third-order valence-electron chi connectivity index (χ3n) is 3.58. The summed E-state index contributed by atoms with van der Waals surface area (Å²) in [7, 11) is 1.58. The standard InChI is InChI=1S/C18H21NO3/c1-5-22-17-11-14(9-10-16(17)21-4)18(20)19-15-8-6-7-12(2)13(15)3/h6-11H,5H2,1-4H3,(H,19,20). The second-order valence-electron chi connectivity index (χ2n) is 5.00. The van der Waals surface area contributed by atoms with E-state index in [9.17, 15) is 4.79 Å². The topological polar surface area (TPSA) is 47.6 Å². The molecule has 4 heteroatoms. The van der Waals surface area contributed by atoms with E-state index in [-0.39, 0.29) is 5.91 Å². The fourth-order valence-electron chi connectivity index (χ4n) is 2.17. The van der Waals surface area contributed by atoms with Gasteiger partial charge in [0.15, 0.2) is 11.5 Å². The molecule has 0 fully saturated rings. The second-order valence-corrected chi connectivity index (χ2v) is 5.00. The highest BCUT2D eigenvalue weighted by atomic mass is 16.5. The second kappa shape index (κ2) is 6.98. The zero-order chi connectivity index (χ0) is 16.1. The molecule has 0 aliphatic rings. The van der Waals surface area contributed by atoms with Gasteiger partial charge in [-0.25, -0.2) is 0 Å². The number of methoxy groups -OCH3 is 1. The molecule has 0 aromatic heterocycles. The summed E-state index contributed by atoms with van der Waals surface area (Å²) in [5, 5.41) is 2.94. The summed E-state index contributed by atoms with van der Waals surface area (Å²) in [6.07, 6.45) is 0. The van der Waals surface area contributed by atoms with Gasteiger partial charge >= 0.3 is 0 Å². The van der Waals surface area contributed by atoms with Crippen molar-refractivity contribution < 1.29 is 14.3 Å². The van der Waals surface area contributed by atoms with Crippen LogP contribution >= 0.6 is 0 Å². The normalized spacial score (nSPS) is 10.2. The summed E-state index contributed by atoms with van der Waals surface area (Å²) < 4.78 is 10.7. The molecule has 0 heterocycles. The highest BCUT2D eigenvalue weighted by Gasteiger charge is 2.12. The lowest BCUT2D eigenvalue weighted by Gasteiger charge is -2.13. The van der Waals surface area contributed by atoms with Crippen LogP contribution in [0.5, 0.6) is 11.5 Å². The molecule has 0 atom stereocenters. The van der Waals surface area contributed by atoms with Crippen LogP contribution in [0.4, 0.5) is 5.69 Å². The van der Waals surface area contributed by atoms with Gasteiger partial charge in [0.2, 0.25) is 0 Å². The van der Waals surface area contributed by atoms with Gasteiger partial charge in [-0.1, -0.05) is 12.1 Å². The van der Waals surface area contributed by atoms with E-state index < -0.39 is 0 Å². The zero-order valence-corrected chi connectivity index (χ0v) is 13.4. The predicted molar refractivity (Wildman–Crippen MR) is 88.0 cm³/mol. The highest BCUT2D eigenvalue weighted by Crippen LogP contribution is 2.28. The minimum absolute atomic E-state index is 0.169. The first kappa shape index (κ1) is 15.9. The molecule has 0 saturated carbocycles. The van der Waals surface area contributed by atoms with Crippen LogP contribution < -0.4 is 14.8 Å². The van der Waals surface area contributed by atoms with E-state index in [2.05, 4.69) is 5.32 Å². The van der Waals surface area contributed by atoms with Gasteiger partial charge in [0.1, 0.15) is 0 Å². The van der Waals surface area contributed by atoms with Gasteiger partial charge in [-0.05, 0) is 56.2 Å². The van der Waals surface area contributed by atoms with Gasteiger partial charge in [0, 0.05) is 11.3 Å². The Kier molecular flexibility index (Phi) is 5.04. The van der Waals surface area contributed by atoms with Gasteiger partial charge in [0.05, 0.1) is 13.7 Å². The number of carbonyl (C=O) groups excluding carboxylic acids is 1. The Bertz CT molecular complexity index is 680. The average Bonchev–Trinajstić information content (AvgIpc) is 2.52. The largest absolute Gasteiger partial charge is 0.493 e. The molecule has 116 valence electrons. The van der Waals surface area contributed by atoms with Crippen molar-refractivity contribution in [2.24, 2.45) is 0 Å². The first-order valence-corrected chi connectivity index (χ1v) is 7.25. The molecule has 2 aromatic rings. The molecular formula is C18H21NO3. The minimum Gasteiger partial charge on any atom is -0.493 e. The van der Waals surface area contributed by atoms with Gasteiger partial charge in [0.25, 0.3) is 5.91 Å². The lowest BCUT2D eigenvalue weighted by molar-refractivity contribution is 0.102. The Labute approximate surface area is 131 Å². The molecule has 0 bridgehead atoms. The van der Waals surface area contributed by atoms with E-state index in [1.807, 2.05) is 39.0 Å². The molecule has 1 amide bonds. The lowest BCUT2D eigenvalue weighted by Crippen LogP contribution is -2.13. The maximum Gasteiger partial charge on any atom is 0.255 e. The van der Waals surface area contributed by atoms with E-state index in [1.54, 1.807) is 25.3 Å². The summed E-state index contributed by atoms with van der Waals surface area (Å²) >= 11 is 0. The van der Waals surface area contributed by atoms with Crippen molar-refractivity contribution in [2.45, 2.75) is 20.8 Å². The number of amides is 1. The van der Waals surface area contributed by atoms with Crippen molar-refractivity contribution in [3.63, 3.8) is 0 Å². The Morgan fingerprint density at radius 2 is 1.91 bits per heavy atom. The fraction of sp³-hybridized carbons (Fsp3) is 0.278. The average molecular weight is 299 g/mol. The zero-order valence-electron chi connectivity index (χ0n) is 13.4. The minimum atomic E-state index is -0.169. The van der Waals surface area contributed by atoms with Crippen LogP contribution in [0, 0.1) is 13.8 Å². The number of carbonyl (C=O) groups is 1. The Morgan fingerprint density at radius 1 is 1.14 bits per heavy atom. The Hall–Kier alpha value is -2.49. The molecule has 0 unspecified atom stereocenters. The van der Waals surface area contributed by atoms with Crippen LogP contribution in [-0.2, 0) is 0 Å². The molecule has 1 N–H and O–H groups in total.